The number of carbonyl (C=O) groups is 1. The van der Waals surface area contributed by atoms with Crippen LogP contribution in [0.5, 0.6) is 5.75 Å². The fraction of sp³-hybridized carbons (Fsp3) is 0.333. The zero-order chi connectivity index (χ0) is 23.8. The molecule has 9 heteroatoms. The van der Waals surface area contributed by atoms with E-state index in [1.54, 1.807) is 4.90 Å². The molecule has 0 radical (unpaired) electrons. The van der Waals surface area contributed by atoms with E-state index < -0.39 is 23.0 Å². The van der Waals surface area contributed by atoms with E-state index in [4.69, 9.17) is 8.85 Å². The number of methoxy groups -OCH3 is 1. The summed E-state index contributed by atoms with van der Waals surface area (Å²) in [4.78, 5) is 18.2. The van der Waals surface area contributed by atoms with Gasteiger partial charge in [0, 0.05) is 26.2 Å². The molecule has 1 atom stereocenters. The molecule has 0 spiro atoms. The molecule has 1 aromatic heterocycles. The zero-order valence-electron chi connectivity index (χ0n) is 19.1. The Bertz CT molecular complexity index is 1150. The molecule has 2 aliphatic rings. The minimum atomic E-state index is -3.82. The van der Waals surface area contributed by atoms with Crippen LogP contribution in [0.1, 0.15) is 15.6 Å². The van der Waals surface area contributed by atoms with E-state index in [9.17, 15) is 18.3 Å². The van der Waals surface area contributed by atoms with E-state index >= 15 is 0 Å². The van der Waals surface area contributed by atoms with E-state index in [0.717, 1.165) is 22.9 Å². The number of sulfonamides is 1. The summed E-state index contributed by atoms with van der Waals surface area (Å²) in [5, 5.41) is 9.49. The van der Waals surface area contributed by atoms with Gasteiger partial charge in [-0.2, -0.15) is 4.31 Å². The number of benzene rings is 1. The van der Waals surface area contributed by atoms with Gasteiger partial charge in [0.2, 0.25) is 5.91 Å². The van der Waals surface area contributed by atoms with Gasteiger partial charge >= 0.3 is 0 Å². The minimum absolute atomic E-state index is 0.0451. The average molecular weight is 433 g/mol. The number of likely N-dealkylation sites (tertiary alicyclic amines) is 1. The predicted molar refractivity (Wildman–Crippen MR) is 109 cm³/mol. The second-order valence-electron chi connectivity index (χ2n) is 7.25. The molecule has 2 fully saturated rings. The summed E-state index contributed by atoms with van der Waals surface area (Å²) in [5.74, 6) is -0.809. The summed E-state index contributed by atoms with van der Waals surface area (Å²) in [7, 11) is -6.46. The second kappa shape index (κ2) is 8.17. The summed E-state index contributed by atoms with van der Waals surface area (Å²) in [6.45, 7) is 1.00. The van der Waals surface area contributed by atoms with Gasteiger partial charge in [0.25, 0.3) is 10.0 Å². The third-order valence-electron chi connectivity index (χ3n) is 5.42. The Morgan fingerprint density at radius 2 is 1.87 bits per heavy atom. The Hall–Kier alpha value is -2.75. The molecule has 1 amide bonds. The van der Waals surface area contributed by atoms with E-state index in [0.29, 0.717) is 13.1 Å². The van der Waals surface area contributed by atoms with Crippen LogP contribution in [0.2, 0.25) is 0 Å². The first-order valence-electron chi connectivity index (χ1n) is 10.9. The van der Waals surface area contributed by atoms with Gasteiger partial charge in [-0.1, -0.05) is 30.3 Å². The number of aliphatic hydroxyl groups is 1. The topological polar surface area (TPSA) is 100 Å². The molecular formula is C21H23N3O5S. The molecule has 30 heavy (non-hydrogen) atoms. The maximum absolute atomic E-state index is 12.7. The van der Waals surface area contributed by atoms with Gasteiger partial charge in [-0.3, -0.25) is 4.79 Å². The quantitative estimate of drug-likeness (QED) is 0.684. The SMILES string of the molecule is [2H]C([2H])([2H])Oc1ccc(S(=O)(=O)N2CC(=C3CN(C(=O)[C@H](CO)c4ccccc4)C3)C2)nc1. The highest BCUT2D eigenvalue weighted by Crippen LogP contribution is 2.31. The Balaban J connectivity index is 1.34. The molecule has 8 nitrogen and oxygen atoms in total. The monoisotopic (exact) mass is 432 g/mol. The predicted octanol–water partition coefficient (Wildman–Crippen LogP) is 1.01. The number of pyridine rings is 1. The van der Waals surface area contributed by atoms with Crippen LogP contribution in [-0.2, 0) is 14.8 Å². The van der Waals surface area contributed by atoms with Crippen LogP contribution < -0.4 is 4.74 Å². The van der Waals surface area contributed by atoms with Crippen molar-refractivity contribution in [3.63, 3.8) is 0 Å². The molecule has 4 rings (SSSR count). The number of ether oxygens (including phenoxy) is 1. The van der Waals surface area contributed by atoms with Gasteiger partial charge in [-0.25, -0.2) is 13.4 Å². The minimum Gasteiger partial charge on any atom is -0.495 e. The van der Waals surface area contributed by atoms with Crippen LogP contribution in [0.3, 0.4) is 0 Å². The lowest BCUT2D eigenvalue weighted by atomic mass is 9.92. The van der Waals surface area contributed by atoms with Crippen molar-refractivity contribution in [1.82, 2.24) is 14.2 Å². The summed E-state index contributed by atoms with van der Waals surface area (Å²) in [5.41, 5.74) is 2.74. The molecule has 1 N–H and O–H groups in total. The highest BCUT2D eigenvalue weighted by Gasteiger charge is 2.39. The highest BCUT2D eigenvalue weighted by molar-refractivity contribution is 7.89. The fourth-order valence-corrected chi connectivity index (χ4v) is 4.85. The van der Waals surface area contributed by atoms with Gasteiger partial charge in [-0.05, 0) is 28.8 Å². The number of carbonyl (C=O) groups excluding carboxylic acids is 1. The Labute approximate surface area is 179 Å². The molecule has 0 unspecified atom stereocenters. The van der Waals surface area contributed by atoms with Crippen LogP contribution in [0.4, 0.5) is 0 Å². The number of nitrogens with zero attached hydrogens (tertiary/aromatic N) is 3. The largest absolute Gasteiger partial charge is 0.495 e. The van der Waals surface area contributed by atoms with E-state index in [1.165, 1.54) is 16.4 Å². The lowest BCUT2D eigenvalue weighted by molar-refractivity contribution is -0.135. The first-order chi connectivity index (χ1) is 15.6. The second-order valence-corrected chi connectivity index (χ2v) is 9.14. The van der Waals surface area contributed by atoms with Crippen molar-refractivity contribution < 1.29 is 27.2 Å². The summed E-state index contributed by atoms with van der Waals surface area (Å²) in [6, 6.07) is 11.6. The third-order valence-corrected chi connectivity index (χ3v) is 7.13. The number of hydrogen-bond acceptors (Lipinski definition) is 6. The lowest BCUT2D eigenvalue weighted by Crippen LogP contribution is -2.52. The van der Waals surface area contributed by atoms with Crippen LogP contribution in [0.25, 0.3) is 0 Å². The first-order valence-corrected chi connectivity index (χ1v) is 10.8. The number of amides is 1. The molecule has 2 saturated heterocycles. The van der Waals surface area contributed by atoms with Gasteiger partial charge < -0.3 is 14.7 Å². The van der Waals surface area contributed by atoms with Crippen LogP contribution in [0, 0.1) is 0 Å². The standard InChI is InChI=1S/C21H23N3O5S/c1-29-18-7-8-20(22-9-18)30(27,28)24-12-17(13-24)16-10-23(11-16)21(26)19(14-25)15-5-3-2-4-6-15/h2-9,19,25H,10-14H2,1H3/t19-/m1/s1/i1D3. The maximum Gasteiger partial charge on any atom is 0.261 e. The van der Waals surface area contributed by atoms with Crippen LogP contribution >= 0.6 is 0 Å². The number of hydrogen-bond donors (Lipinski definition) is 1. The molecule has 0 aliphatic carbocycles. The molecule has 158 valence electrons. The summed E-state index contributed by atoms with van der Waals surface area (Å²) < 4.78 is 52.7. The number of aliphatic hydroxyl groups excluding tert-OH is 1. The Morgan fingerprint density at radius 1 is 1.17 bits per heavy atom. The van der Waals surface area contributed by atoms with Gasteiger partial charge in [0.15, 0.2) is 5.03 Å². The van der Waals surface area contributed by atoms with Crippen molar-refractivity contribution in [3.8, 4) is 5.75 Å². The summed E-state index contributed by atoms with van der Waals surface area (Å²) in [6.07, 6.45) is 1.07. The van der Waals surface area contributed by atoms with E-state index in [2.05, 4.69) is 4.98 Å². The summed E-state index contributed by atoms with van der Waals surface area (Å²) >= 11 is 0. The highest BCUT2D eigenvalue weighted by atomic mass is 32.2. The van der Waals surface area contributed by atoms with Crippen molar-refractivity contribution in [2.75, 3.05) is 39.8 Å². The molecule has 0 bridgehead atoms. The van der Waals surface area contributed by atoms with E-state index in [1.807, 2.05) is 30.3 Å². The fourth-order valence-electron chi connectivity index (χ4n) is 3.51. The molecule has 3 heterocycles. The normalized spacial score (nSPS) is 19.8. The Morgan fingerprint density at radius 3 is 2.47 bits per heavy atom. The lowest BCUT2D eigenvalue weighted by Gasteiger charge is -2.42. The van der Waals surface area contributed by atoms with Crippen molar-refractivity contribution in [3.05, 3.63) is 65.4 Å². The smallest absolute Gasteiger partial charge is 0.261 e. The number of aromatic nitrogens is 1. The molecule has 2 aromatic rings. The average Bonchev–Trinajstić information content (AvgIpc) is 2.69. The Kier molecular flexibility index (Phi) is 4.63. The molecule has 1 aromatic carbocycles. The maximum atomic E-state index is 12.7. The van der Waals surface area contributed by atoms with Crippen molar-refractivity contribution in [1.29, 1.82) is 0 Å². The van der Waals surface area contributed by atoms with Gasteiger partial charge in [0.1, 0.15) is 5.75 Å². The van der Waals surface area contributed by atoms with Crippen molar-refractivity contribution in [2.24, 2.45) is 0 Å². The van der Waals surface area contributed by atoms with Crippen molar-refractivity contribution >= 4 is 15.9 Å². The zero-order valence-corrected chi connectivity index (χ0v) is 16.9. The van der Waals surface area contributed by atoms with Gasteiger partial charge in [-0.15, -0.1) is 0 Å². The number of rotatable bonds is 6. The molecular weight excluding hydrogens is 406 g/mol. The first kappa shape index (κ1) is 17.0. The third kappa shape index (κ3) is 3.71. The van der Waals surface area contributed by atoms with E-state index in [-0.39, 0.29) is 36.4 Å². The van der Waals surface area contributed by atoms with Crippen LogP contribution in [0.15, 0.2) is 64.8 Å². The van der Waals surface area contributed by atoms with Crippen LogP contribution in [-0.4, -0.2) is 73.4 Å². The molecule has 0 saturated carbocycles. The molecule has 2 aliphatic heterocycles. The van der Waals surface area contributed by atoms with Gasteiger partial charge in [0.05, 0.1) is 29.9 Å². The van der Waals surface area contributed by atoms with Crippen molar-refractivity contribution in [2.45, 2.75) is 10.9 Å².